The standard InChI is InChI=1S/C19H24F3N5/c1-2-14-9-17(19(20,21)22)27-18(24-14)10-15(25-27)16-6-4-8-26(16)12-13-5-3-7-23-11-13/h3,5,7,10-11,14,16-17,24H,2,4,6,8-9,12H2,1H3/t14-,16+,17-/m1/s1. The van der Waals surface area contributed by atoms with Crippen molar-refractivity contribution in [3.63, 3.8) is 0 Å². The van der Waals surface area contributed by atoms with Crippen molar-refractivity contribution >= 4 is 5.82 Å². The summed E-state index contributed by atoms with van der Waals surface area (Å²) < 4.78 is 41.9. The van der Waals surface area contributed by atoms with Gasteiger partial charge >= 0.3 is 6.18 Å². The second-order valence-electron chi connectivity index (χ2n) is 7.43. The number of fused-ring (bicyclic) bond motifs is 1. The summed E-state index contributed by atoms with van der Waals surface area (Å²) in [5.41, 5.74) is 1.83. The summed E-state index contributed by atoms with van der Waals surface area (Å²) in [6.07, 6.45) is 1.88. The minimum Gasteiger partial charge on any atom is -0.367 e. The lowest BCUT2D eigenvalue weighted by Crippen LogP contribution is -2.38. The molecule has 1 N–H and O–H groups in total. The topological polar surface area (TPSA) is 46.0 Å². The Balaban J connectivity index is 1.60. The fourth-order valence-corrected chi connectivity index (χ4v) is 4.18. The van der Waals surface area contributed by atoms with Crippen molar-refractivity contribution < 1.29 is 13.2 Å². The maximum absolute atomic E-state index is 13.6. The molecule has 0 saturated carbocycles. The molecule has 0 aromatic carbocycles. The average molecular weight is 379 g/mol. The molecule has 1 fully saturated rings. The fraction of sp³-hybridized carbons (Fsp3) is 0.579. The maximum Gasteiger partial charge on any atom is 0.410 e. The summed E-state index contributed by atoms with van der Waals surface area (Å²) in [5, 5.41) is 7.65. The van der Waals surface area contributed by atoms with Crippen molar-refractivity contribution in [3.8, 4) is 0 Å². The van der Waals surface area contributed by atoms with Gasteiger partial charge in [-0.15, -0.1) is 0 Å². The molecular formula is C19H24F3N5. The molecule has 4 rings (SSSR count). The third kappa shape index (κ3) is 3.67. The highest BCUT2D eigenvalue weighted by atomic mass is 19.4. The molecular weight excluding hydrogens is 355 g/mol. The van der Waals surface area contributed by atoms with E-state index in [2.05, 4.69) is 20.3 Å². The number of likely N-dealkylation sites (tertiary alicyclic amines) is 1. The second-order valence-corrected chi connectivity index (χ2v) is 7.43. The molecule has 4 heterocycles. The van der Waals surface area contributed by atoms with Gasteiger partial charge in [-0.2, -0.15) is 18.3 Å². The minimum atomic E-state index is -4.29. The van der Waals surface area contributed by atoms with Crippen LogP contribution < -0.4 is 5.32 Å². The largest absolute Gasteiger partial charge is 0.410 e. The van der Waals surface area contributed by atoms with Crippen LogP contribution in [0.3, 0.4) is 0 Å². The highest BCUT2D eigenvalue weighted by Gasteiger charge is 2.46. The van der Waals surface area contributed by atoms with Gasteiger partial charge in [-0.1, -0.05) is 13.0 Å². The molecule has 0 amide bonds. The number of pyridine rings is 1. The van der Waals surface area contributed by atoms with Crippen LogP contribution in [0.4, 0.5) is 19.0 Å². The van der Waals surface area contributed by atoms with E-state index in [1.165, 1.54) is 0 Å². The van der Waals surface area contributed by atoms with E-state index in [0.29, 0.717) is 12.2 Å². The third-order valence-electron chi connectivity index (χ3n) is 5.59. The van der Waals surface area contributed by atoms with Crippen LogP contribution in [-0.2, 0) is 6.54 Å². The summed E-state index contributed by atoms with van der Waals surface area (Å²) in [7, 11) is 0. The van der Waals surface area contributed by atoms with E-state index in [1.807, 2.05) is 31.3 Å². The van der Waals surface area contributed by atoms with Gasteiger partial charge in [-0.3, -0.25) is 9.88 Å². The zero-order valence-electron chi connectivity index (χ0n) is 15.3. The Labute approximate surface area is 156 Å². The molecule has 1 saturated heterocycles. The number of alkyl halides is 3. The van der Waals surface area contributed by atoms with Crippen LogP contribution in [0.2, 0.25) is 0 Å². The van der Waals surface area contributed by atoms with Crippen LogP contribution in [0.1, 0.15) is 55.9 Å². The molecule has 27 heavy (non-hydrogen) atoms. The van der Waals surface area contributed by atoms with Crippen molar-refractivity contribution in [1.82, 2.24) is 19.7 Å². The third-order valence-corrected chi connectivity index (χ3v) is 5.59. The number of hydrogen-bond acceptors (Lipinski definition) is 4. The van der Waals surface area contributed by atoms with Crippen LogP contribution in [-0.4, -0.2) is 38.4 Å². The number of rotatable bonds is 4. The minimum absolute atomic E-state index is 0.0260. The predicted molar refractivity (Wildman–Crippen MR) is 96.3 cm³/mol. The number of aromatic nitrogens is 3. The zero-order chi connectivity index (χ0) is 19.0. The first-order valence-electron chi connectivity index (χ1n) is 9.51. The molecule has 0 bridgehead atoms. The predicted octanol–water partition coefficient (Wildman–Crippen LogP) is 4.31. The monoisotopic (exact) mass is 379 g/mol. The molecule has 146 valence electrons. The Morgan fingerprint density at radius 1 is 1.33 bits per heavy atom. The lowest BCUT2D eigenvalue weighted by Gasteiger charge is -2.32. The number of nitrogens with one attached hydrogen (secondary N) is 1. The van der Waals surface area contributed by atoms with Crippen molar-refractivity contribution in [2.75, 3.05) is 11.9 Å². The van der Waals surface area contributed by atoms with Crippen LogP contribution in [0.25, 0.3) is 0 Å². The van der Waals surface area contributed by atoms with E-state index in [9.17, 15) is 13.2 Å². The summed E-state index contributed by atoms with van der Waals surface area (Å²) >= 11 is 0. The summed E-state index contributed by atoms with van der Waals surface area (Å²) in [6, 6.07) is 4.04. The van der Waals surface area contributed by atoms with Gasteiger partial charge in [0.2, 0.25) is 0 Å². The van der Waals surface area contributed by atoms with E-state index in [-0.39, 0.29) is 18.5 Å². The van der Waals surface area contributed by atoms with Crippen molar-refractivity contribution in [3.05, 3.63) is 41.9 Å². The summed E-state index contributed by atoms with van der Waals surface area (Å²) in [5.74, 6) is 0.485. The molecule has 8 heteroatoms. The van der Waals surface area contributed by atoms with Crippen LogP contribution in [0, 0.1) is 0 Å². The molecule has 0 unspecified atom stereocenters. The Morgan fingerprint density at radius 3 is 2.89 bits per heavy atom. The van der Waals surface area contributed by atoms with Crippen LogP contribution >= 0.6 is 0 Å². The normalized spacial score (nSPS) is 26.0. The molecule has 2 aliphatic heterocycles. The Kier molecular flexibility index (Phi) is 4.84. The lowest BCUT2D eigenvalue weighted by atomic mass is 10.0. The van der Waals surface area contributed by atoms with E-state index >= 15 is 0 Å². The van der Waals surface area contributed by atoms with Gasteiger partial charge in [0.15, 0.2) is 6.04 Å². The number of anilines is 1. The van der Waals surface area contributed by atoms with Crippen molar-refractivity contribution in [2.24, 2.45) is 0 Å². The van der Waals surface area contributed by atoms with E-state index in [4.69, 9.17) is 0 Å². The van der Waals surface area contributed by atoms with Gasteiger partial charge in [-0.05, 0) is 43.9 Å². The molecule has 0 aliphatic carbocycles. The zero-order valence-corrected chi connectivity index (χ0v) is 15.3. The molecule has 5 nitrogen and oxygen atoms in total. The van der Waals surface area contributed by atoms with E-state index in [0.717, 1.165) is 41.9 Å². The second kappa shape index (κ2) is 7.14. The molecule has 0 radical (unpaired) electrons. The molecule has 2 aliphatic rings. The van der Waals surface area contributed by atoms with Crippen molar-refractivity contribution in [1.29, 1.82) is 0 Å². The van der Waals surface area contributed by atoms with Gasteiger partial charge in [0.25, 0.3) is 0 Å². The number of nitrogens with zero attached hydrogens (tertiary/aromatic N) is 4. The average Bonchev–Trinajstić information content (AvgIpc) is 3.26. The van der Waals surface area contributed by atoms with Gasteiger partial charge < -0.3 is 5.32 Å². The Morgan fingerprint density at radius 2 is 2.19 bits per heavy atom. The van der Waals surface area contributed by atoms with Gasteiger partial charge in [0, 0.05) is 31.0 Å². The fourth-order valence-electron chi connectivity index (χ4n) is 4.18. The molecule has 3 atom stereocenters. The summed E-state index contributed by atoms with van der Waals surface area (Å²) in [6.45, 7) is 3.55. The number of halogens is 3. The first kappa shape index (κ1) is 18.3. The first-order chi connectivity index (χ1) is 13.0. The van der Waals surface area contributed by atoms with E-state index < -0.39 is 12.2 Å². The maximum atomic E-state index is 13.6. The Bertz CT molecular complexity index is 773. The van der Waals surface area contributed by atoms with Crippen LogP contribution in [0.15, 0.2) is 30.6 Å². The first-order valence-corrected chi connectivity index (χ1v) is 9.51. The number of hydrogen-bond donors (Lipinski definition) is 1. The molecule has 2 aromatic rings. The smallest absolute Gasteiger partial charge is 0.367 e. The SMILES string of the molecule is CC[C@@H]1C[C@H](C(F)(F)F)n2nc([C@@H]3CCCN3Cc3cccnc3)cc2N1. The molecule has 2 aromatic heterocycles. The quantitative estimate of drug-likeness (QED) is 0.860. The molecule has 0 spiro atoms. The lowest BCUT2D eigenvalue weighted by molar-refractivity contribution is -0.173. The van der Waals surface area contributed by atoms with E-state index in [1.54, 1.807) is 6.20 Å². The van der Waals surface area contributed by atoms with Gasteiger partial charge in [0.1, 0.15) is 5.82 Å². The van der Waals surface area contributed by atoms with Crippen molar-refractivity contribution in [2.45, 2.75) is 63.5 Å². The van der Waals surface area contributed by atoms with Gasteiger partial charge in [-0.25, -0.2) is 4.68 Å². The highest BCUT2D eigenvalue weighted by Crippen LogP contribution is 2.42. The highest BCUT2D eigenvalue weighted by molar-refractivity contribution is 5.42. The summed E-state index contributed by atoms with van der Waals surface area (Å²) in [4.78, 5) is 6.43. The Hall–Kier alpha value is -2.09. The van der Waals surface area contributed by atoms with Gasteiger partial charge in [0.05, 0.1) is 11.7 Å². The van der Waals surface area contributed by atoms with Crippen LogP contribution in [0.5, 0.6) is 0 Å².